The summed E-state index contributed by atoms with van der Waals surface area (Å²) in [4.78, 5) is 0. The molecule has 1 aliphatic carbocycles. The SMILES string of the molecule is COC1CCC(O)(C2CCCCCN2)CC1. The van der Waals surface area contributed by atoms with Gasteiger partial charge in [-0.1, -0.05) is 12.8 Å². The summed E-state index contributed by atoms with van der Waals surface area (Å²) in [5.74, 6) is 0. The molecule has 16 heavy (non-hydrogen) atoms. The zero-order valence-electron chi connectivity index (χ0n) is 10.4. The molecule has 3 nitrogen and oxygen atoms in total. The van der Waals surface area contributed by atoms with E-state index in [1.165, 1.54) is 19.3 Å². The van der Waals surface area contributed by atoms with Crippen LogP contribution in [0, 0.1) is 0 Å². The van der Waals surface area contributed by atoms with Gasteiger partial charge in [-0.05, 0) is 45.1 Å². The van der Waals surface area contributed by atoms with Gasteiger partial charge >= 0.3 is 0 Å². The lowest BCUT2D eigenvalue weighted by atomic mass is 9.77. The number of rotatable bonds is 2. The molecule has 0 amide bonds. The molecule has 3 heteroatoms. The van der Waals surface area contributed by atoms with Crippen molar-refractivity contribution in [2.45, 2.75) is 69.1 Å². The normalized spacial score (nSPS) is 41.6. The van der Waals surface area contributed by atoms with Crippen LogP contribution in [0.3, 0.4) is 0 Å². The fourth-order valence-corrected chi connectivity index (χ4v) is 3.16. The first-order valence-electron chi connectivity index (χ1n) is 6.73. The Kier molecular flexibility index (Phi) is 4.22. The maximum atomic E-state index is 10.7. The molecule has 0 spiro atoms. The fourth-order valence-electron chi connectivity index (χ4n) is 3.16. The van der Waals surface area contributed by atoms with E-state index in [0.29, 0.717) is 12.1 Å². The van der Waals surface area contributed by atoms with Gasteiger partial charge in [0.15, 0.2) is 0 Å². The van der Waals surface area contributed by atoms with Crippen molar-refractivity contribution in [2.24, 2.45) is 0 Å². The van der Waals surface area contributed by atoms with Crippen molar-refractivity contribution in [3.05, 3.63) is 0 Å². The van der Waals surface area contributed by atoms with E-state index in [2.05, 4.69) is 5.32 Å². The van der Waals surface area contributed by atoms with E-state index in [1.807, 2.05) is 0 Å². The van der Waals surface area contributed by atoms with Gasteiger partial charge in [0.2, 0.25) is 0 Å². The van der Waals surface area contributed by atoms with Crippen molar-refractivity contribution >= 4 is 0 Å². The molecule has 0 aromatic carbocycles. The van der Waals surface area contributed by atoms with Gasteiger partial charge in [-0.2, -0.15) is 0 Å². The molecular formula is C13H25NO2. The number of aliphatic hydroxyl groups is 1. The second-order valence-electron chi connectivity index (χ2n) is 5.39. The molecule has 94 valence electrons. The van der Waals surface area contributed by atoms with Gasteiger partial charge in [-0.3, -0.25) is 0 Å². The summed E-state index contributed by atoms with van der Waals surface area (Å²) >= 11 is 0. The van der Waals surface area contributed by atoms with E-state index in [1.54, 1.807) is 7.11 Å². The van der Waals surface area contributed by atoms with Crippen LogP contribution in [-0.2, 0) is 4.74 Å². The molecule has 1 saturated carbocycles. The first kappa shape index (κ1) is 12.3. The van der Waals surface area contributed by atoms with Gasteiger partial charge in [-0.15, -0.1) is 0 Å². The topological polar surface area (TPSA) is 41.5 Å². The summed E-state index contributed by atoms with van der Waals surface area (Å²) in [5, 5.41) is 14.3. The third kappa shape index (κ3) is 2.76. The summed E-state index contributed by atoms with van der Waals surface area (Å²) in [5.41, 5.74) is -0.473. The van der Waals surface area contributed by atoms with Crippen molar-refractivity contribution in [3.8, 4) is 0 Å². The van der Waals surface area contributed by atoms with Crippen molar-refractivity contribution in [1.29, 1.82) is 0 Å². The predicted octanol–water partition coefficient (Wildman–Crippen LogP) is 1.84. The van der Waals surface area contributed by atoms with Gasteiger partial charge < -0.3 is 15.2 Å². The Labute approximate surface area is 98.6 Å². The molecule has 1 heterocycles. The summed E-state index contributed by atoms with van der Waals surface area (Å²) in [7, 11) is 1.78. The molecule has 1 saturated heterocycles. The molecule has 0 aromatic rings. The molecule has 0 radical (unpaired) electrons. The van der Waals surface area contributed by atoms with Gasteiger partial charge in [0.25, 0.3) is 0 Å². The van der Waals surface area contributed by atoms with E-state index in [9.17, 15) is 5.11 Å². The molecule has 2 fully saturated rings. The van der Waals surface area contributed by atoms with Crippen LogP contribution in [0.15, 0.2) is 0 Å². The Hall–Kier alpha value is -0.120. The molecule has 2 rings (SSSR count). The smallest absolute Gasteiger partial charge is 0.0801 e. The van der Waals surface area contributed by atoms with Crippen LogP contribution in [0.4, 0.5) is 0 Å². The molecule has 1 unspecified atom stereocenters. The predicted molar refractivity (Wildman–Crippen MR) is 64.5 cm³/mol. The Morgan fingerprint density at radius 3 is 2.56 bits per heavy atom. The van der Waals surface area contributed by atoms with Crippen LogP contribution in [0.5, 0.6) is 0 Å². The average Bonchev–Trinajstić information content (AvgIpc) is 2.59. The largest absolute Gasteiger partial charge is 0.388 e. The minimum atomic E-state index is -0.473. The molecular weight excluding hydrogens is 202 g/mol. The molecule has 0 bridgehead atoms. The van der Waals surface area contributed by atoms with E-state index < -0.39 is 5.60 Å². The third-order valence-electron chi connectivity index (χ3n) is 4.34. The second kappa shape index (κ2) is 5.48. The number of methoxy groups -OCH3 is 1. The second-order valence-corrected chi connectivity index (χ2v) is 5.39. The van der Waals surface area contributed by atoms with Gasteiger partial charge in [0, 0.05) is 13.2 Å². The Bertz CT molecular complexity index is 204. The standard InChI is InChI=1S/C13H25NO2/c1-16-11-6-8-13(15,9-7-11)12-5-3-2-4-10-14-12/h11-12,14-15H,2-10H2,1H3. The van der Waals surface area contributed by atoms with Gasteiger partial charge in [0.1, 0.15) is 0 Å². The Balaban J connectivity index is 1.91. The summed E-state index contributed by atoms with van der Waals surface area (Å²) in [6, 6.07) is 0.313. The highest BCUT2D eigenvalue weighted by molar-refractivity contribution is 4.96. The van der Waals surface area contributed by atoms with Crippen LogP contribution in [0.1, 0.15) is 51.4 Å². The highest BCUT2D eigenvalue weighted by Gasteiger charge is 2.40. The maximum absolute atomic E-state index is 10.7. The quantitative estimate of drug-likeness (QED) is 0.756. The summed E-state index contributed by atoms with van der Waals surface area (Å²) < 4.78 is 5.36. The van der Waals surface area contributed by atoms with Crippen LogP contribution >= 0.6 is 0 Å². The molecule has 2 aliphatic rings. The van der Waals surface area contributed by atoms with Gasteiger partial charge in [-0.25, -0.2) is 0 Å². The van der Waals surface area contributed by atoms with Gasteiger partial charge in [0.05, 0.1) is 11.7 Å². The first-order valence-corrected chi connectivity index (χ1v) is 6.73. The minimum absolute atomic E-state index is 0.313. The lowest BCUT2D eigenvalue weighted by molar-refractivity contribution is -0.0668. The molecule has 1 aliphatic heterocycles. The maximum Gasteiger partial charge on any atom is 0.0801 e. The molecule has 0 aromatic heterocycles. The Morgan fingerprint density at radius 2 is 1.88 bits per heavy atom. The minimum Gasteiger partial charge on any atom is -0.388 e. The summed E-state index contributed by atoms with van der Waals surface area (Å²) in [6.45, 7) is 1.07. The van der Waals surface area contributed by atoms with Crippen LogP contribution in [0.2, 0.25) is 0 Å². The number of hydrogen-bond acceptors (Lipinski definition) is 3. The third-order valence-corrected chi connectivity index (χ3v) is 4.34. The van der Waals surface area contributed by atoms with Crippen LogP contribution < -0.4 is 5.32 Å². The number of nitrogens with one attached hydrogen (secondary N) is 1. The fraction of sp³-hybridized carbons (Fsp3) is 1.00. The van der Waals surface area contributed by atoms with E-state index >= 15 is 0 Å². The van der Waals surface area contributed by atoms with E-state index in [-0.39, 0.29) is 0 Å². The van der Waals surface area contributed by atoms with Crippen LogP contribution in [0.25, 0.3) is 0 Å². The lowest BCUT2D eigenvalue weighted by Crippen LogP contribution is -2.53. The summed E-state index contributed by atoms with van der Waals surface area (Å²) in [6.07, 6.45) is 9.11. The van der Waals surface area contributed by atoms with Crippen molar-refractivity contribution in [3.63, 3.8) is 0 Å². The number of ether oxygens (including phenoxy) is 1. The van der Waals surface area contributed by atoms with E-state index in [4.69, 9.17) is 4.74 Å². The highest BCUT2D eigenvalue weighted by Crippen LogP contribution is 2.34. The zero-order valence-corrected chi connectivity index (χ0v) is 10.4. The zero-order chi connectivity index (χ0) is 11.4. The average molecular weight is 227 g/mol. The van der Waals surface area contributed by atoms with Crippen LogP contribution in [-0.4, -0.2) is 36.5 Å². The van der Waals surface area contributed by atoms with E-state index in [0.717, 1.165) is 38.6 Å². The number of hydrogen-bond donors (Lipinski definition) is 2. The first-order chi connectivity index (χ1) is 7.74. The van der Waals surface area contributed by atoms with Crippen molar-refractivity contribution < 1.29 is 9.84 Å². The lowest BCUT2D eigenvalue weighted by Gasteiger charge is -2.41. The van der Waals surface area contributed by atoms with Crippen molar-refractivity contribution in [2.75, 3.05) is 13.7 Å². The monoisotopic (exact) mass is 227 g/mol. The highest BCUT2D eigenvalue weighted by atomic mass is 16.5. The Morgan fingerprint density at radius 1 is 1.12 bits per heavy atom. The molecule has 2 N–H and O–H groups in total. The molecule has 1 atom stereocenters. The van der Waals surface area contributed by atoms with Crippen molar-refractivity contribution in [1.82, 2.24) is 5.32 Å².